The van der Waals surface area contributed by atoms with E-state index in [4.69, 9.17) is 0 Å². The molecule has 144 valence electrons. The van der Waals surface area contributed by atoms with Gasteiger partial charge in [-0.25, -0.2) is 0 Å². The summed E-state index contributed by atoms with van der Waals surface area (Å²) in [6, 6.07) is 8.14. The standard InChI is InChI=1S/C17H18F3N5OS/c1-2-11-3-5-12(6-4-11)7-8-13(26)21-10-9-14-24-25-15(17(18,19)20)22-23-16(25)27-14/h3-6H,2,7-10H2,1H3,(H,21,26). The average molecular weight is 397 g/mol. The first-order valence-corrected chi connectivity index (χ1v) is 9.31. The predicted octanol–water partition coefficient (Wildman–Crippen LogP) is 3.06. The lowest BCUT2D eigenvalue weighted by atomic mass is 10.1. The highest BCUT2D eigenvalue weighted by Crippen LogP contribution is 2.28. The first kappa shape index (κ1) is 19.3. The molecule has 0 spiro atoms. The fraction of sp³-hybridized carbons (Fsp3) is 0.412. The van der Waals surface area contributed by atoms with Crippen LogP contribution in [0.2, 0.25) is 0 Å². The Morgan fingerprint density at radius 1 is 1.15 bits per heavy atom. The van der Waals surface area contributed by atoms with Gasteiger partial charge < -0.3 is 5.32 Å². The Morgan fingerprint density at radius 3 is 2.52 bits per heavy atom. The van der Waals surface area contributed by atoms with Crippen LogP contribution in [0.25, 0.3) is 4.96 Å². The van der Waals surface area contributed by atoms with Crippen molar-refractivity contribution < 1.29 is 18.0 Å². The number of carbonyl (C=O) groups excluding carboxylic acids is 1. The summed E-state index contributed by atoms with van der Waals surface area (Å²) < 4.78 is 39.0. The van der Waals surface area contributed by atoms with Gasteiger partial charge >= 0.3 is 6.18 Å². The lowest BCUT2D eigenvalue weighted by Crippen LogP contribution is -2.25. The molecule has 0 fully saturated rings. The van der Waals surface area contributed by atoms with Crippen molar-refractivity contribution in [3.63, 3.8) is 0 Å². The van der Waals surface area contributed by atoms with Gasteiger partial charge in [-0.15, -0.1) is 10.2 Å². The Balaban J connectivity index is 1.47. The molecular formula is C17H18F3N5OS. The van der Waals surface area contributed by atoms with E-state index < -0.39 is 12.0 Å². The lowest BCUT2D eigenvalue weighted by Gasteiger charge is -2.05. The second-order valence-electron chi connectivity index (χ2n) is 5.98. The highest BCUT2D eigenvalue weighted by atomic mass is 32.1. The smallest absolute Gasteiger partial charge is 0.356 e. The summed E-state index contributed by atoms with van der Waals surface area (Å²) in [6.07, 6.45) is -2.30. The van der Waals surface area contributed by atoms with E-state index in [1.165, 1.54) is 5.56 Å². The Morgan fingerprint density at radius 2 is 1.85 bits per heavy atom. The molecule has 0 saturated heterocycles. The molecule has 10 heteroatoms. The van der Waals surface area contributed by atoms with Crippen molar-refractivity contribution in [1.29, 1.82) is 0 Å². The summed E-state index contributed by atoms with van der Waals surface area (Å²) in [6.45, 7) is 2.39. The number of nitrogens with zero attached hydrogens (tertiary/aromatic N) is 4. The number of benzene rings is 1. The summed E-state index contributed by atoms with van der Waals surface area (Å²) >= 11 is 1.03. The van der Waals surface area contributed by atoms with Gasteiger partial charge in [0.15, 0.2) is 0 Å². The number of carbonyl (C=O) groups is 1. The van der Waals surface area contributed by atoms with Gasteiger partial charge in [0.1, 0.15) is 5.01 Å². The fourth-order valence-electron chi connectivity index (χ4n) is 2.53. The van der Waals surface area contributed by atoms with Gasteiger partial charge in [0.2, 0.25) is 10.9 Å². The van der Waals surface area contributed by atoms with Crippen molar-refractivity contribution in [2.45, 2.75) is 38.8 Å². The van der Waals surface area contributed by atoms with E-state index >= 15 is 0 Å². The van der Waals surface area contributed by atoms with Crippen LogP contribution in [0.4, 0.5) is 13.2 Å². The predicted molar refractivity (Wildman–Crippen MR) is 94.5 cm³/mol. The molecule has 1 aromatic carbocycles. The topological polar surface area (TPSA) is 72.2 Å². The van der Waals surface area contributed by atoms with Gasteiger partial charge in [-0.2, -0.15) is 22.8 Å². The summed E-state index contributed by atoms with van der Waals surface area (Å²) in [5.74, 6) is -1.24. The van der Waals surface area contributed by atoms with Crippen LogP contribution >= 0.6 is 11.3 Å². The molecule has 0 aliphatic carbocycles. The second kappa shape index (κ2) is 8.03. The number of alkyl halides is 3. The Labute approximate surface area is 157 Å². The van der Waals surface area contributed by atoms with E-state index in [-0.39, 0.29) is 10.9 Å². The van der Waals surface area contributed by atoms with Gasteiger partial charge in [0.25, 0.3) is 5.82 Å². The first-order chi connectivity index (χ1) is 12.9. The Hall–Kier alpha value is -2.49. The molecular weight excluding hydrogens is 379 g/mol. The van der Waals surface area contributed by atoms with E-state index in [0.717, 1.165) is 23.3 Å². The normalized spacial score (nSPS) is 11.9. The largest absolute Gasteiger partial charge is 0.453 e. The van der Waals surface area contributed by atoms with E-state index in [1.54, 1.807) is 0 Å². The van der Waals surface area contributed by atoms with E-state index in [9.17, 15) is 18.0 Å². The van der Waals surface area contributed by atoms with Gasteiger partial charge in [-0.3, -0.25) is 4.79 Å². The van der Waals surface area contributed by atoms with Gasteiger partial charge in [-0.05, 0) is 24.0 Å². The maximum Gasteiger partial charge on any atom is 0.453 e. The third-order valence-corrected chi connectivity index (χ3v) is 4.98. The average Bonchev–Trinajstić information content (AvgIpc) is 3.20. The molecule has 0 atom stereocenters. The number of hydrogen-bond donors (Lipinski definition) is 1. The molecule has 0 aliphatic heterocycles. The molecule has 0 bridgehead atoms. The van der Waals surface area contributed by atoms with Crippen LogP contribution < -0.4 is 5.32 Å². The summed E-state index contributed by atoms with van der Waals surface area (Å²) in [4.78, 5) is 12.0. The summed E-state index contributed by atoms with van der Waals surface area (Å²) in [7, 11) is 0. The van der Waals surface area contributed by atoms with Crippen molar-refractivity contribution in [2.24, 2.45) is 0 Å². The van der Waals surface area contributed by atoms with Crippen molar-refractivity contribution in [2.75, 3.05) is 6.54 Å². The maximum atomic E-state index is 12.8. The number of rotatable bonds is 7. The van der Waals surface area contributed by atoms with Gasteiger partial charge in [-0.1, -0.05) is 42.5 Å². The molecule has 3 aromatic rings. The van der Waals surface area contributed by atoms with Crippen molar-refractivity contribution in [1.82, 2.24) is 25.1 Å². The minimum absolute atomic E-state index is 0.0826. The highest BCUT2D eigenvalue weighted by Gasteiger charge is 2.38. The molecule has 0 aliphatic rings. The van der Waals surface area contributed by atoms with Crippen LogP contribution in [-0.4, -0.2) is 32.3 Å². The third-order valence-electron chi connectivity index (χ3n) is 4.02. The zero-order chi connectivity index (χ0) is 19.4. The monoisotopic (exact) mass is 397 g/mol. The highest BCUT2D eigenvalue weighted by molar-refractivity contribution is 7.16. The number of hydrogen-bond acceptors (Lipinski definition) is 5. The molecule has 0 unspecified atom stereocenters. The molecule has 0 saturated carbocycles. The molecule has 27 heavy (non-hydrogen) atoms. The summed E-state index contributed by atoms with van der Waals surface area (Å²) in [5, 5.41) is 13.7. The molecule has 2 heterocycles. The zero-order valence-electron chi connectivity index (χ0n) is 14.6. The number of amides is 1. The quantitative estimate of drug-likeness (QED) is 0.665. The van der Waals surface area contributed by atoms with Crippen LogP contribution in [0.3, 0.4) is 0 Å². The molecule has 0 radical (unpaired) electrons. The number of halogens is 3. The van der Waals surface area contributed by atoms with E-state index in [1.807, 2.05) is 12.1 Å². The zero-order valence-corrected chi connectivity index (χ0v) is 15.4. The van der Waals surface area contributed by atoms with Gasteiger partial charge in [0, 0.05) is 19.4 Å². The van der Waals surface area contributed by atoms with Crippen molar-refractivity contribution in [3.05, 3.63) is 46.2 Å². The van der Waals surface area contributed by atoms with Crippen molar-refractivity contribution in [3.8, 4) is 0 Å². The van der Waals surface area contributed by atoms with Crippen LogP contribution in [0, 0.1) is 0 Å². The minimum atomic E-state index is -4.60. The number of nitrogens with one attached hydrogen (secondary N) is 1. The molecule has 1 N–H and O–H groups in total. The third kappa shape index (κ3) is 4.82. The van der Waals surface area contributed by atoms with Gasteiger partial charge in [0.05, 0.1) is 0 Å². The molecule has 6 nitrogen and oxygen atoms in total. The van der Waals surface area contributed by atoms with Crippen LogP contribution in [-0.2, 0) is 30.2 Å². The van der Waals surface area contributed by atoms with Crippen LogP contribution in [0.5, 0.6) is 0 Å². The second-order valence-corrected chi connectivity index (χ2v) is 7.02. The van der Waals surface area contributed by atoms with E-state index in [2.05, 4.69) is 39.7 Å². The maximum absolute atomic E-state index is 12.8. The first-order valence-electron chi connectivity index (χ1n) is 8.49. The number of aromatic nitrogens is 4. The Bertz CT molecular complexity index is 917. The number of fused-ring (bicyclic) bond motifs is 1. The van der Waals surface area contributed by atoms with Crippen molar-refractivity contribution >= 4 is 22.2 Å². The SMILES string of the molecule is CCc1ccc(CCC(=O)NCCc2nn3c(C(F)(F)F)nnc3s2)cc1. The molecule has 3 rings (SSSR count). The van der Waals surface area contributed by atoms with Crippen LogP contribution in [0.1, 0.15) is 35.3 Å². The number of aryl methyl sites for hydroxylation is 2. The molecule has 2 aromatic heterocycles. The molecule has 1 amide bonds. The van der Waals surface area contributed by atoms with E-state index in [0.29, 0.717) is 35.3 Å². The fourth-order valence-corrected chi connectivity index (χ4v) is 3.36. The van der Waals surface area contributed by atoms with Crippen LogP contribution in [0.15, 0.2) is 24.3 Å². The Kier molecular flexibility index (Phi) is 5.73. The summed E-state index contributed by atoms with van der Waals surface area (Å²) in [5.41, 5.74) is 2.34. The minimum Gasteiger partial charge on any atom is -0.356 e. The lowest BCUT2D eigenvalue weighted by molar-refractivity contribution is -0.146.